The smallest absolute Gasteiger partial charge is 0.224 e. The number of nitrogens with one attached hydrogen (secondary N) is 1. The third kappa shape index (κ3) is 3.83. The van der Waals surface area contributed by atoms with Gasteiger partial charge in [0.1, 0.15) is 0 Å². The summed E-state index contributed by atoms with van der Waals surface area (Å²) in [6, 6.07) is 8.15. The third-order valence-corrected chi connectivity index (χ3v) is 3.92. The van der Waals surface area contributed by atoms with Crippen molar-refractivity contribution in [1.82, 2.24) is 10.2 Å². The molecule has 1 aromatic carbocycles. The number of hydrogen-bond donors (Lipinski definition) is 1. The highest BCUT2D eigenvalue weighted by Gasteiger charge is 2.21. The second-order valence-electron chi connectivity index (χ2n) is 5.45. The minimum Gasteiger partial charge on any atom is -0.353 e. The fraction of sp³-hybridized carbons (Fsp3) is 0.500. The summed E-state index contributed by atoms with van der Waals surface area (Å²) in [5.41, 5.74) is 2.22. The van der Waals surface area contributed by atoms with Crippen LogP contribution in [-0.2, 0) is 16.0 Å². The highest BCUT2D eigenvalue weighted by Crippen LogP contribution is 2.12. The Hall–Kier alpha value is -1.84. The van der Waals surface area contributed by atoms with Gasteiger partial charge >= 0.3 is 0 Å². The van der Waals surface area contributed by atoms with Gasteiger partial charge in [-0.05, 0) is 30.9 Å². The number of amides is 2. The predicted molar refractivity (Wildman–Crippen MR) is 78.3 cm³/mol. The predicted octanol–water partition coefficient (Wildman–Crippen LogP) is 1.66. The molecule has 1 aromatic rings. The van der Waals surface area contributed by atoms with Crippen LogP contribution in [0.4, 0.5) is 0 Å². The van der Waals surface area contributed by atoms with E-state index in [1.807, 2.05) is 36.1 Å². The van der Waals surface area contributed by atoms with Crippen molar-refractivity contribution in [2.45, 2.75) is 39.2 Å². The Morgan fingerprint density at radius 2 is 1.90 bits per heavy atom. The van der Waals surface area contributed by atoms with Crippen molar-refractivity contribution in [3.8, 4) is 0 Å². The average molecular weight is 274 g/mol. The maximum absolute atomic E-state index is 12.1. The van der Waals surface area contributed by atoms with Gasteiger partial charge in [-0.25, -0.2) is 0 Å². The first-order valence-corrected chi connectivity index (χ1v) is 7.15. The van der Waals surface area contributed by atoms with Gasteiger partial charge in [-0.3, -0.25) is 9.59 Å². The summed E-state index contributed by atoms with van der Waals surface area (Å²) >= 11 is 0. The number of rotatable bonds is 3. The molecule has 4 nitrogen and oxygen atoms in total. The number of carbonyl (C=O) groups excluding carboxylic acids is 2. The summed E-state index contributed by atoms with van der Waals surface area (Å²) in [7, 11) is 0. The molecule has 1 aliphatic heterocycles. The molecule has 0 saturated carbocycles. The first-order valence-electron chi connectivity index (χ1n) is 7.15. The van der Waals surface area contributed by atoms with Gasteiger partial charge in [-0.1, -0.05) is 24.3 Å². The Balaban J connectivity index is 1.81. The summed E-state index contributed by atoms with van der Waals surface area (Å²) in [5, 5.41) is 3.08. The number of likely N-dealkylation sites (tertiary alicyclic amines) is 1. The van der Waals surface area contributed by atoms with Gasteiger partial charge in [0, 0.05) is 26.1 Å². The maximum atomic E-state index is 12.1. The number of benzene rings is 1. The standard InChI is InChI=1S/C16H22N2O2/c1-12-5-3-4-6-14(12)11-16(20)17-15-7-9-18(10-8-15)13(2)19/h3-6,15H,7-11H2,1-2H3,(H,17,20). The van der Waals surface area contributed by atoms with E-state index in [0.717, 1.165) is 37.1 Å². The minimum absolute atomic E-state index is 0.0700. The molecule has 2 rings (SSSR count). The van der Waals surface area contributed by atoms with E-state index in [1.165, 1.54) is 0 Å². The molecular weight excluding hydrogens is 252 g/mol. The third-order valence-electron chi connectivity index (χ3n) is 3.92. The zero-order chi connectivity index (χ0) is 14.5. The molecule has 1 N–H and O–H groups in total. The van der Waals surface area contributed by atoms with Gasteiger partial charge in [0.05, 0.1) is 6.42 Å². The second kappa shape index (κ2) is 6.55. The molecule has 1 fully saturated rings. The largest absolute Gasteiger partial charge is 0.353 e. The lowest BCUT2D eigenvalue weighted by Gasteiger charge is -2.31. The van der Waals surface area contributed by atoms with E-state index < -0.39 is 0 Å². The lowest BCUT2D eigenvalue weighted by Crippen LogP contribution is -2.46. The highest BCUT2D eigenvalue weighted by molar-refractivity contribution is 5.79. The monoisotopic (exact) mass is 274 g/mol. The summed E-state index contributed by atoms with van der Waals surface area (Å²) in [4.78, 5) is 25.1. The minimum atomic E-state index is 0.0700. The van der Waals surface area contributed by atoms with Crippen LogP contribution in [0.3, 0.4) is 0 Å². The first-order chi connectivity index (χ1) is 9.56. The average Bonchev–Trinajstić information content (AvgIpc) is 2.42. The van der Waals surface area contributed by atoms with Crippen molar-refractivity contribution in [3.63, 3.8) is 0 Å². The van der Waals surface area contributed by atoms with Gasteiger partial charge < -0.3 is 10.2 Å². The summed E-state index contributed by atoms with van der Waals surface area (Å²) in [5.74, 6) is 0.190. The molecule has 0 radical (unpaired) electrons. The van der Waals surface area contributed by atoms with Gasteiger partial charge in [0.2, 0.25) is 11.8 Å². The maximum Gasteiger partial charge on any atom is 0.224 e. The number of aryl methyl sites for hydroxylation is 1. The number of piperidine rings is 1. The van der Waals surface area contributed by atoms with Crippen LogP contribution in [0.1, 0.15) is 30.9 Å². The van der Waals surface area contributed by atoms with Crippen molar-refractivity contribution in [1.29, 1.82) is 0 Å². The zero-order valence-corrected chi connectivity index (χ0v) is 12.2. The lowest BCUT2D eigenvalue weighted by atomic mass is 10.0. The fourth-order valence-corrected chi connectivity index (χ4v) is 2.60. The first kappa shape index (κ1) is 14.6. The van der Waals surface area contributed by atoms with Crippen LogP contribution in [0.15, 0.2) is 24.3 Å². The van der Waals surface area contributed by atoms with Gasteiger partial charge in [-0.15, -0.1) is 0 Å². The van der Waals surface area contributed by atoms with E-state index in [9.17, 15) is 9.59 Å². The molecule has 4 heteroatoms. The normalized spacial score (nSPS) is 16.0. The summed E-state index contributed by atoms with van der Waals surface area (Å²) in [6.07, 6.45) is 2.12. The van der Waals surface area contributed by atoms with E-state index >= 15 is 0 Å². The number of hydrogen-bond acceptors (Lipinski definition) is 2. The molecule has 2 amide bonds. The van der Waals surface area contributed by atoms with E-state index in [-0.39, 0.29) is 17.9 Å². The van der Waals surface area contributed by atoms with E-state index in [4.69, 9.17) is 0 Å². The molecular formula is C16H22N2O2. The Morgan fingerprint density at radius 1 is 1.25 bits per heavy atom. The fourth-order valence-electron chi connectivity index (χ4n) is 2.60. The summed E-state index contributed by atoms with van der Waals surface area (Å²) < 4.78 is 0. The van der Waals surface area contributed by atoms with Crippen LogP contribution in [0, 0.1) is 6.92 Å². The van der Waals surface area contributed by atoms with Crippen molar-refractivity contribution in [2.75, 3.05) is 13.1 Å². The van der Waals surface area contributed by atoms with Gasteiger partial charge in [0.15, 0.2) is 0 Å². The summed E-state index contributed by atoms with van der Waals surface area (Å²) in [6.45, 7) is 5.10. The molecule has 1 heterocycles. The van der Waals surface area contributed by atoms with Crippen molar-refractivity contribution < 1.29 is 9.59 Å². The Bertz CT molecular complexity index is 491. The number of nitrogens with zero attached hydrogens (tertiary/aromatic N) is 1. The molecule has 0 aromatic heterocycles. The molecule has 20 heavy (non-hydrogen) atoms. The Labute approximate surface area is 120 Å². The van der Waals surface area contributed by atoms with Crippen LogP contribution >= 0.6 is 0 Å². The zero-order valence-electron chi connectivity index (χ0n) is 12.2. The molecule has 0 unspecified atom stereocenters. The molecule has 108 valence electrons. The van der Waals surface area contributed by atoms with E-state index in [1.54, 1.807) is 6.92 Å². The lowest BCUT2D eigenvalue weighted by molar-refractivity contribution is -0.130. The van der Waals surface area contributed by atoms with Crippen molar-refractivity contribution >= 4 is 11.8 Å². The Morgan fingerprint density at radius 3 is 2.50 bits per heavy atom. The second-order valence-corrected chi connectivity index (χ2v) is 5.45. The molecule has 1 aliphatic rings. The van der Waals surface area contributed by atoms with E-state index in [2.05, 4.69) is 5.32 Å². The molecule has 1 saturated heterocycles. The van der Waals surface area contributed by atoms with Gasteiger partial charge in [0.25, 0.3) is 0 Å². The topological polar surface area (TPSA) is 49.4 Å². The molecule has 0 aliphatic carbocycles. The quantitative estimate of drug-likeness (QED) is 0.911. The molecule has 0 atom stereocenters. The molecule has 0 spiro atoms. The van der Waals surface area contributed by atoms with Crippen LogP contribution in [0.2, 0.25) is 0 Å². The van der Waals surface area contributed by atoms with Crippen molar-refractivity contribution in [3.05, 3.63) is 35.4 Å². The highest BCUT2D eigenvalue weighted by atomic mass is 16.2. The Kier molecular flexibility index (Phi) is 4.77. The van der Waals surface area contributed by atoms with Crippen LogP contribution in [-0.4, -0.2) is 35.8 Å². The van der Waals surface area contributed by atoms with Crippen molar-refractivity contribution in [2.24, 2.45) is 0 Å². The van der Waals surface area contributed by atoms with E-state index in [0.29, 0.717) is 6.42 Å². The SMILES string of the molecule is CC(=O)N1CCC(NC(=O)Cc2ccccc2C)CC1. The number of carbonyl (C=O) groups is 2. The molecule has 0 bridgehead atoms. The van der Waals surface area contributed by atoms with Crippen LogP contribution < -0.4 is 5.32 Å². The van der Waals surface area contributed by atoms with Crippen LogP contribution in [0.5, 0.6) is 0 Å². The van der Waals surface area contributed by atoms with Crippen LogP contribution in [0.25, 0.3) is 0 Å². The van der Waals surface area contributed by atoms with Gasteiger partial charge in [-0.2, -0.15) is 0 Å².